The van der Waals surface area contributed by atoms with Crippen molar-refractivity contribution in [2.45, 2.75) is 13.8 Å². The molecule has 7 aromatic carbocycles. The van der Waals surface area contributed by atoms with Crippen molar-refractivity contribution in [3.8, 4) is 22.3 Å². The highest BCUT2D eigenvalue weighted by atomic mass is 14.7. The minimum absolute atomic E-state index is 1.17. The van der Waals surface area contributed by atoms with E-state index < -0.39 is 0 Å². The summed E-state index contributed by atoms with van der Waals surface area (Å²) in [7, 11) is 0. The fourth-order valence-electron chi connectivity index (χ4n) is 6.80. The summed E-state index contributed by atoms with van der Waals surface area (Å²) in [5.74, 6) is 0. The van der Waals surface area contributed by atoms with E-state index in [0.29, 0.717) is 0 Å². The Morgan fingerprint density at radius 1 is 0.465 bits per heavy atom. The van der Waals surface area contributed by atoms with Gasteiger partial charge >= 0.3 is 0 Å². The maximum atomic E-state index is 3.67. The van der Waals surface area contributed by atoms with E-state index in [1.807, 2.05) is 0 Å². The predicted molar refractivity (Wildman–Crippen MR) is 186 cm³/mol. The van der Waals surface area contributed by atoms with Crippen LogP contribution in [-0.2, 0) is 0 Å². The van der Waals surface area contributed by atoms with E-state index >= 15 is 0 Å². The number of hydrogen-bond donors (Lipinski definition) is 1. The maximum Gasteiger partial charge on any atom is 0.0497 e. The van der Waals surface area contributed by atoms with E-state index in [9.17, 15) is 0 Å². The molecule has 0 aliphatic rings. The van der Waals surface area contributed by atoms with Crippen molar-refractivity contribution in [1.29, 1.82) is 0 Å². The van der Waals surface area contributed by atoms with Crippen LogP contribution in [0, 0.1) is 0 Å². The molecule has 0 unspecified atom stereocenters. The maximum absolute atomic E-state index is 3.67. The van der Waals surface area contributed by atoms with Gasteiger partial charge in [-0.1, -0.05) is 121 Å². The number of H-pyrrole nitrogens is 1. The predicted octanol–water partition coefficient (Wildman–Crippen LogP) is 9.98. The molecular weight excluding hydrogens is 518 g/mol. The van der Waals surface area contributed by atoms with Gasteiger partial charge in [-0.05, 0) is 104 Å². The van der Waals surface area contributed by atoms with Crippen LogP contribution in [0.5, 0.6) is 0 Å². The van der Waals surface area contributed by atoms with Crippen LogP contribution in [0.1, 0.15) is 19.4 Å². The zero-order valence-corrected chi connectivity index (χ0v) is 24.4. The number of hydrogen-bond acceptors (Lipinski definition) is 0. The minimum atomic E-state index is 1.17. The Morgan fingerprint density at radius 3 is 1.63 bits per heavy atom. The molecular formula is C42H31N. The summed E-state index contributed by atoms with van der Waals surface area (Å²) in [5.41, 5.74) is 8.53. The van der Waals surface area contributed by atoms with E-state index in [-0.39, 0.29) is 0 Å². The van der Waals surface area contributed by atoms with Crippen LogP contribution in [0.2, 0.25) is 0 Å². The summed E-state index contributed by atoms with van der Waals surface area (Å²) in [6, 6.07) is 50.9. The third-order valence-electron chi connectivity index (χ3n) is 8.98. The van der Waals surface area contributed by atoms with Crippen LogP contribution in [-0.4, -0.2) is 4.98 Å². The van der Waals surface area contributed by atoms with Crippen molar-refractivity contribution in [2.24, 2.45) is 0 Å². The fraction of sp³-hybridized carbons (Fsp3) is 0.0476. The molecule has 8 aromatic rings. The molecule has 43 heavy (non-hydrogen) atoms. The lowest BCUT2D eigenvalue weighted by atomic mass is 9.91. The molecule has 1 heterocycles. The van der Waals surface area contributed by atoms with Crippen LogP contribution in [0.15, 0.2) is 140 Å². The average molecular weight is 550 g/mol. The van der Waals surface area contributed by atoms with Gasteiger partial charge in [0.25, 0.3) is 0 Å². The van der Waals surface area contributed by atoms with Crippen LogP contribution in [0.3, 0.4) is 0 Å². The van der Waals surface area contributed by atoms with E-state index in [0.717, 1.165) is 0 Å². The molecule has 0 atom stereocenters. The number of fused-ring (bicyclic) bond motifs is 7. The van der Waals surface area contributed by atoms with Gasteiger partial charge in [-0.15, -0.1) is 0 Å². The largest absolute Gasteiger partial charge is 0.354 e. The molecule has 0 bridgehead atoms. The molecule has 1 nitrogen and oxygen atoms in total. The highest BCUT2D eigenvalue weighted by Crippen LogP contribution is 2.37. The van der Waals surface area contributed by atoms with Crippen LogP contribution >= 0.6 is 0 Å². The second kappa shape index (κ2) is 10.2. The number of rotatable bonds is 3. The molecule has 1 heteroatoms. The summed E-state index contributed by atoms with van der Waals surface area (Å²) in [5, 5.41) is 11.5. The van der Waals surface area contributed by atoms with E-state index in [1.54, 1.807) is 0 Å². The first kappa shape index (κ1) is 25.3. The molecule has 8 rings (SSSR count). The van der Waals surface area contributed by atoms with Gasteiger partial charge < -0.3 is 4.98 Å². The third-order valence-corrected chi connectivity index (χ3v) is 8.98. The molecule has 0 amide bonds. The molecule has 0 saturated carbocycles. The van der Waals surface area contributed by atoms with Crippen molar-refractivity contribution in [2.75, 3.05) is 0 Å². The molecule has 0 saturated heterocycles. The highest BCUT2D eigenvalue weighted by molar-refractivity contribution is 6.25. The number of nitrogens with one attached hydrogen (secondary N) is 1. The van der Waals surface area contributed by atoms with Gasteiger partial charge in [0.05, 0.1) is 0 Å². The average Bonchev–Trinajstić information content (AvgIpc) is 3.47. The number of aromatic nitrogens is 1. The molecule has 1 N–H and O–H groups in total. The minimum Gasteiger partial charge on any atom is -0.354 e. The Labute approximate surface area is 251 Å². The topological polar surface area (TPSA) is 15.8 Å². The summed E-state index contributed by atoms with van der Waals surface area (Å²) in [6.45, 7) is 4.34. The molecule has 0 radical (unpaired) electrons. The highest BCUT2D eigenvalue weighted by Gasteiger charge is 2.11. The van der Waals surface area contributed by atoms with Crippen molar-refractivity contribution >= 4 is 54.9 Å². The molecule has 0 spiro atoms. The van der Waals surface area contributed by atoms with Gasteiger partial charge in [0.2, 0.25) is 0 Å². The second-order valence-corrected chi connectivity index (χ2v) is 11.4. The monoisotopic (exact) mass is 549 g/mol. The van der Waals surface area contributed by atoms with Gasteiger partial charge in [-0.2, -0.15) is 0 Å². The van der Waals surface area contributed by atoms with Gasteiger partial charge in [0.15, 0.2) is 0 Å². The van der Waals surface area contributed by atoms with E-state index in [1.165, 1.54) is 87.2 Å². The molecule has 204 valence electrons. The summed E-state index contributed by atoms with van der Waals surface area (Å²) >= 11 is 0. The zero-order valence-electron chi connectivity index (χ0n) is 24.4. The number of aromatic amines is 1. The Kier molecular flexibility index (Phi) is 5.98. The lowest BCUT2D eigenvalue weighted by Gasteiger charge is -2.13. The van der Waals surface area contributed by atoms with Crippen LogP contribution in [0.4, 0.5) is 0 Å². The number of benzene rings is 7. The quantitative estimate of drug-likeness (QED) is 0.211. The first-order chi connectivity index (χ1) is 21.2. The Bertz CT molecular complexity index is 2440. The summed E-state index contributed by atoms with van der Waals surface area (Å²) in [4.78, 5) is 3.67. The van der Waals surface area contributed by atoms with E-state index in [2.05, 4.69) is 164 Å². The van der Waals surface area contributed by atoms with Crippen LogP contribution in [0.25, 0.3) is 77.1 Å². The van der Waals surface area contributed by atoms with Crippen molar-refractivity contribution in [3.05, 3.63) is 156 Å². The molecule has 1 aromatic heterocycles. The lowest BCUT2D eigenvalue weighted by molar-refractivity contribution is 1.31. The standard InChI is InChI=1S/C42H31N/c1-3-33-39-20-8-9-21-41(39)43-42(33)27(2)28-12-10-13-29(24-28)30-14-11-15-31(25-30)32-22-23-38-36-18-5-4-16-34(36)35-17-6-7-19-37(35)40(38)26-32/h3-26,43H,1-2H3/b33-3-,42-27-. The number of para-hydroxylation sites is 1. The second-order valence-electron chi connectivity index (χ2n) is 11.4. The van der Waals surface area contributed by atoms with Gasteiger partial charge in [-0.25, -0.2) is 0 Å². The zero-order chi connectivity index (χ0) is 28.9. The molecule has 0 aliphatic carbocycles. The lowest BCUT2D eigenvalue weighted by Crippen LogP contribution is -2.25. The fourth-order valence-corrected chi connectivity index (χ4v) is 6.80. The van der Waals surface area contributed by atoms with Gasteiger partial charge in [-0.3, -0.25) is 0 Å². The third kappa shape index (κ3) is 4.16. The Hall–Kier alpha value is -5.40. The van der Waals surface area contributed by atoms with Crippen LogP contribution < -0.4 is 10.6 Å². The Balaban J connectivity index is 1.25. The van der Waals surface area contributed by atoms with Crippen molar-refractivity contribution in [1.82, 2.24) is 4.98 Å². The Morgan fingerprint density at radius 2 is 0.977 bits per heavy atom. The van der Waals surface area contributed by atoms with Crippen molar-refractivity contribution < 1.29 is 0 Å². The normalized spacial score (nSPS) is 12.9. The first-order valence-electron chi connectivity index (χ1n) is 15.0. The van der Waals surface area contributed by atoms with E-state index in [4.69, 9.17) is 0 Å². The summed E-state index contributed by atoms with van der Waals surface area (Å²) < 4.78 is 0. The van der Waals surface area contributed by atoms with Crippen molar-refractivity contribution in [3.63, 3.8) is 0 Å². The molecule has 0 aliphatic heterocycles. The SMILES string of the molecule is C/C=c1\c(=C(/C)c2cccc(-c3cccc(-c4ccc5c6ccccc6c6ccccc6c5c4)c3)c2)[nH]c2ccccc12. The summed E-state index contributed by atoms with van der Waals surface area (Å²) in [6.07, 6.45) is 2.21. The van der Waals surface area contributed by atoms with Gasteiger partial charge in [0.1, 0.15) is 0 Å². The molecule has 0 fully saturated rings. The smallest absolute Gasteiger partial charge is 0.0497 e. The first-order valence-corrected chi connectivity index (χ1v) is 15.0. The van der Waals surface area contributed by atoms with Gasteiger partial charge in [0, 0.05) is 21.5 Å².